The van der Waals surface area contributed by atoms with Crippen molar-refractivity contribution in [2.24, 2.45) is 0 Å². The molecule has 0 unspecified atom stereocenters. The van der Waals surface area contributed by atoms with Crippen molar-refractivity contribution in [2.45, 2.75) is 13.7 Å². The molecule has 0 saturated heterocycles. The summed E-state index contributed by atoms with van der Waals surface area (Å²) in [4.78, 5) is 24.1. The Morgan fingerprint density at radius 2 is 1.92 bits per heavy atom. The van der Waals surface area contributed by atoms with Crippen LogP contribution in [0.4, 0.5) is 0 Å². The van der Waals surface area contributed by atoms with Crippen LogP contribution in [0.1, 0.15) is 12.5 Å². The number of carbonyl (C=O) groups is 1. The van der Waals surface area contributed by atoms with E-state index in [1.165, 1.54) is 6.08 Å². The summed E-state index contributed by atoms with van der Waals surface area (Å²) in [7, 11) is 0. The molecule has 0 aliphatic rings. The molecule has 0 atom stereocenters. The summed E-state index contributed by atoms with van der Waals surface area (Å²) < 4.78 is 11.4. The molecule has 0 aliphatic carbocycles. The minimum atomic E-state index is -0.583. The van der Waals surface area contributed by atoms with Crippen LogP contribution >= 0.6 is 0 Å². The molecular weight excluding hydrogens is 334 g/mol. The third-order valence-electron chi connectivity index (χ3n) is 3.56. The minimum absolute atomic E-state index is 0.302. The van der Waals surface area contributed by atoms with Crippen LogP contribution in [0.5, 0.6) is 5.75 Å². The summed E-state index contributed by atoms with van der Waals surface area (Å²) >= 11 is 0. The number of ether oxygens (including phenoxy) is 2. The SMILES string of the molecule is CCOc1ccc(/C=C/C(=O)OCn2nnc3ccccc3c2=O)cc1. The second-order valence-electron chi connectivity index (χ2n) is 5.34. The zero-order chi connectivity index (χ0) is 18.4. The predicted octanol–water partition coefficient (Wildman–Crippen LogP) is 2.40. The molecule has 26 heavy (non-hydrogen) atoms. The highest BCUT2D eigenvalue weighted by Gasteiger charge is 2.06. The van der Waals surface area contributed by atoms with Crippen LogP contribution < -0.4 is 10.3 Å². The first-order valence-corrected chi connectivity index (χ1v) is 8.07. The van der Waals surface area contributed by atoms with E-state index in [-0.39, 0.29) is 12.3 Å². The molecule has 0 radical (unpaired) electrons. The molecule has 1 heterocycles. The fourth-order valence-electron chi connectivity index (χ4n) is 2.29. The van der Waals surface area contributed by atoms with E-state index < -0.39 is 5.97 Å². The smallest absolute Gasteiger partial charge is 0.332 e. The molecule has 0 fully saturated rings. The van der Waals surface area contributed by atoms with E-state index in [9.17, 15) is 9.59 Å². The Balaban J connectivity index is 1.62. The highest BCUT2D eigenvalue weighted by Crippen LogP contribution is 2.13. The Bertz CT molecular complexity index is 994. The van der Waals surface area contributed by atoms with Gasteiger partial charge in [-0.15, -0.1) is 5.10 Å². The molecule has 0 spiro atoms. The van der Waals surface area contributed by atoms with Crippen LogP contribution in [-0.2, 0) is 16.3 Å². The van der Waals surface area contributed by atoms with E-state index in [2.05, 4.69) is 10.3 Å². The van der Waals surface area contributed by atoms with Gasteiger partial charge in [0.25, 0.3) is 5.56 Å². The maximum Gasteiger partial charge on any atom is 0.332 e. The van der Waals surface area contributed by atoms with Gasteiger partial charge < -0.3 is 9.47 Å². The number of benzene rings is 2. The maximum absolute atomic E-state index is 12.2. The quantitative estimate of drug-likeness (QED) is 0.501. The van der Waals surface area contributed by atoms with E-state index in [0.29, 0.717) is 17.5 Å². The van der Waals surface area contributed by atoms with Crippen molar-refractivity contribution in [2.75, 3.05) is 6.61 Å². The first kappa shape index (κ1) is 17.3. The third-order valence-corrected chi connectivity index (χ3v) is 3.56. The molecule has 0 aliphatic heterocycles. The zero-order valence-electron chi connectivity index (χ0n) is 14.2. The van der Waals surface area contributed by atoms with Gasteiger partial charge in [-0.1, -0.05) is 29.5 Å². The zero-order valence-corrected chi connectivity index (χ0v) is 14.2. The topological polar surface area (TPSA) is 83.3 Å². The number of hydrogen-bond donors (Lipinski definition) is 0. The van der Waals surface area contributed by atoms with Crippen molar-refractivity contribution in [1.29, 1.82) is 0 Å². The molecule has 7 nitrogen and oxygen atoms in total. The summed E-state index contributed by atoms with van der Waals surface area (Å²) in [5.74, 6) is 0.183. The summed E-state index contributed by atoms with van der Waals surface area (Å²) in [5.41, 5.74) is 0.961. The Kier molecular flexibility index (Phi) is 5.38. The average Bonchev–Trinajstić information content (AvgIpc) is 2.67. The van der Waals surface area contributed by atoms with Crippen molar-refractivity contribution in [3.8, 4) is 5.75 Å². The minimum Gasteiger partial charge on any atom is -0.494 e. The van der Waals surface area contributed by atoms with Gasteiger partial charge >= 0.3 is 5.97 Å². The van der Waals surface area contributed by atoms with Gasteiger partial charge in [-0.05, 0) is 42.8 Å². The van der Waals surface area contributed by atoms with Gasteiger partial charge in [0.05, 0.1) is 12.0 Å². The first-order valence-electron chi connectivity index (χ1n) is 8.07. The summed E-state index contributed by atoms with van der Waals surface area (Å²) in [6.45, 7) is 2.21. The van der Waals surface area contributed by atoms with Crippen molar-refractivity contribution in [3.05, 3.63) is 70.5 Å². The molecule has 1 aromatic heterocycles. The second kappa shape index (κ2) is 8.06. The summed E-state index contributed by atoms with van der Waals surface area (Å²) in [6.07, 6.45) is 2.90. The fraction of sp³-hybridized carbons (Fsp3) is 0.158. The second-order valence-corrected chi connectivity index (χ2v) is 5.34. The normalized spacial score (nSPS) is 11.0. The van der Waals surface area contributed by atoms with Crippen LogP contribution in [0.3, 0.4) is 0 Å². The van der Waals surface area contributed by atoms with E-state index in [0.717, 1.165) is 16.0 Å². The largest absolute Gasteiger partial charge is 0.494 e. The van der Waals surface area contributed by atoms with Gasteiger partial charge in [0.15, 0.2) is 6.73 Å². The number of carbonyl (C=O) groups excluding carboxylic acids is 1. The van der Waals surface area contributed by atoms with Gasteiger partial charge in [0, 0.05) is 6.08 Å². The van der Waals surface area contributed by atoms with E-state index in [4.69, 9.17) is 9.47 Å². The molecule has 7 heteroatoms. The van der Waals surface area contributed by atoms with Gasteiger partial charge in [-0.25, -0.2) is 4.79 Å². The van der Waals surface area contributed by atoms with Gasteiger partial charge in [-0.3, -0.25) is 4.79 Å². The van der Waals surface area contributed by atoms with Crippen LogP contribution in [0, 0.1) is 0 Å². The lowest BCUT2D eigenvalue weighted by molar-refractivity contribution is -0.141. The van der Waals surface area contributed by atoms with Gasteiger partial charge in [0.2, 0.25) is 0 Å². The maximum atomic E-state index is 12.2. The van der Waals surface area contributed by atoms with Crippen molar-refractivity contribution in [3.63, 3.8) is 0 Å². The molecule has 132 valence electrons. The van der Waals surface area contributed by atoms with Crippen LogP contribution in [0.2, 0.25) is 0 Å². The number of esters is 1. The number of rotatable bonds is 6. The van der Waals surface area contributed by atoms with Crippen molar-refractivity contribution >= 4 is 22.9 Å². The van der Waals surface area contributed by atoms with E-state index >= 15 is 0 Å². The van der Waals surface area contributed by atoms with Gasteiger partial charge in [-0.2, -0.15) is 4.68 Å². The third kappa shape index (κ3) is 4.13. The molecule has 2 aromatic carbocycles. The number of hydrogen-bond acceptors (Lipinski definition) is 6. The molecular formula is C19H17N3O4. The van der Waals surface area contributed by atoms with Crippen LogP contribution in [-0.4, -0.2) is 27.6 Å². The number of nitrogens with zero attached hydrogens (tertiary/aromatic N) is 3. The summed E-state index contributed by atoms with van der Waals surface area (Å²) in [6, 6.07) is 14.1. The lowest BCUT2D eigenvalue weighted by Crippen LogP contribution is -2.26. The molecule has 0 N–H and O–H groups in total. The molecule has 3 aromatic rings. The van der Waals surface area contributed by atoms with Crippen LogP contribution in [0.25, 0.3) is 17.0 Å². The summed E-state index contributed by atoms with van der Waals surface area (Å²) in [5, 5.41) is 8.11. The molecule has 0 bridgehead atoms. The fourth-order valence-corrected chi connectivity index (χ4v) is 2.29. The Morgan fingerprint density at radius 3 is 2.69 bits per heavy atom. The van der Waals surface area contributed by atoms with Crippen LogP contribution in [0.15, 0.2) is 59.4 Å². The molecule has 0 amide bonds. The van der Waals surface area contributed by atoms with Crippen molar-refractivity contribution in [1.82, 2.24) is 15.0 Å². The Hall–Kier alpha value is -3.48. The van der Waals surface area contributed by atoms with E-state index in [1.807, 2.05) is 31.2 Å². The predicted molar refractivity (Wildman–Crippen MR) is 96.5 cm³/mol. The lowest BCUT2D eigenvalue weighted by Gasteiger charge is -2.05. The average molecular weight is 351 g/mol. The highest BCUT2D eigenvalue weighted by atomic mass is 16.5. The Morgan fingerprint density at radius 1 is 1.15 bits per heavy atom. The number of aromatic nitrogens is 3. The first-order chi connectivity index (χ1) is 12.7. The van der Waals surface area contributed by atoms with E-state index in [1.54, 1.807) is 30.3 Å². The molecule has 3 rings (SSSR count). The number of fused-ring (bicyclic) bond motifs is 1. The van der Waals surface area contributed by atoms with Crippen molar-refractivity contribution < 1.29 is 14.3 Å². The Labute approximate surface area is 149 Å². The highest BCUT2D eigenvalue weighted by molar-refractivity contribution is 5.87. The molecule has 0 saturated carbocycles. The standard InChI is InChI=1S/C19H17N3O4/c1-2-25-15-10-7-14(8-11-15)9-12-18(23)26-13-22-19(24)16-5-3-4-6-17(16)20-21-22/h3-12H,2,13H2,1H3/b12-9+. The lowest BCUT2D eigenvalue weighted by atomic mass is 10.2. The monoisotopic (exact) mass is 351 g/mol. The van der Waals surface area contributed by atoms with Gasteiger partial charge in [0.1, 0.15) is 11.3 Å².